The van der Waals surface area contributed by atoms with Crippen molar-refractivity contribution in [2.45, 2.75) is 50.4 Å². The van der Waals surface area contributed by atoms with Crippen LogP contribution in [0.15, 0.2) is 71.0 Å². The summed E-state index contributed by atoms with van der Waals surface area (Å²) in [7, 11) is 0. The maximum absolute atomic E-state index is 12.9. The highest BCUT2D eigenvalue weighted by Gasteiger charge is 2.34. The van der Waals surface area contributed by atoms with E-state index in [-0.39, 0.29) is 12.1 Å². The van der Waals surface area contributed by atoms with E-state index in [1.54, 1.807) is 0 Å². The number of allylic oxidation sites excluding steroid dienone is 1. The number of alkyl halides is 2. The standard InChI is InChI=1S/C28H32ClF2N5S/c1-19(2)35-17-24(18-35)34-12-10-25(11-13-34)37-36(23-5-3-4-22(29)14-23)16-20-6-8-21(9-7-20)26-15-27(28(30)31)33-32-26/h3-9,14,24-25,28H,1,10-13,15-18H2,2H3. The molecule has 2 aromatic carbocycles. The molecule has 2 saturated heterocycles. The molecule has 0 saturated carbocycles. The van der Waals surface area contributed by atoms with Crippen LogP contribution in [0.1, 0.15) is 37.3 Å². The Balaban J connectivity index is 1.21. The highest BCUT2D eigenvalue weighted by atomic mass is 35.5. The van der Waals surface area contributed by atoms with Crippen molar-refractivity contribution >= 4 is 40.7 Å². The van der Waals surface area contributed by atoms with Gasteiger partial charge in [-0.3, -0.25) is 4.90 Å². The number of benzene rings is 2. The van der Waals surface area contributed by atoms with Gasteiger partial charge in [0.05, 0.1) is 12.3 Å². The number of likely N-dealkylation sites (tertiary alicyclic amines) is 2. The van der Waals surface area contributed by atoms with Crippen molar-refractivity contribution in [1.29, 1.82) is 0 Å². The van der Waals surface area contributed by atoms with Gasteiger partial charge in [-0.15, -0.1) is 0 Å². The van der Waals surface area contributed by atoms with Gasteiger partial charge in [0.15, 0.2) is 0 Å². The van der Waals surface area contributed by atoms with E-state index in [1.807, 2.05) is 54.4 Å². The van der Waals surface area contributed by atoms with Gasteiger partial charge < -0.3 is 9.21 Å². The van der Waals surface area contributed by atoms with Crippen molar-refractivity contribution in [1.82, 2.24) is 9.80 Å². The van der Waals surface area contributed by atoms with Gasteiger partial charge >= 0.3 is 0 Å². The highest BCUT2D eigenvalue weighted by Crippen LogP contribution is 2.35. The molecule has 2 aromatic rings. The van der Waals surface area contributed by atoms with E-state index < -0.39 is 6.43 Å². The molecule has 196 valence electrons. The van der Waals surface area contributed by atoms with Crippen LogP contribution in [0.25, 0.3) is 0 Å². The van der Waals surface area contributed by atoms with Crippen LogP contribution in [0.4, 0.5) is 14.5 Å². The fraction of sp³-hybridized carbons (Fsp3) is 0.429. The Bertz CT molecular complexity index is 1170. The molecule has 37 heavy (non-hydrogen) atoms. The predicted octanol–water partition coefficient (Wildman–Crippen LogP) is 6.49. The van der Waals surface area contributed by atoms with Crippen molar-refractivity contribution in [2.24, 2.45) is 10.2 Å². The quantitative estimate of drug-likeness (QED) is 0.339. The summed E-state index contributed by atoms with van der Waals surface area (Å²) >= 11 is 8.24. The number of hydrogen-bond acceptors (Lipinski definition) is 6. The van der Waals surface area contributed by atoms with Crippen molar-refractivity contribution in [3.63, 3.8) is 0 Å². The lowest BCUT2D eigenvalue weighted by Gasteiger charge is -2.49. The van der Waals surface area contributed by atoms with E-state index in [0.29, 0.717) is 23.5 Å². The molecule has 3 aliphatic rings. The molecular weight excluding hydrogens is 512 g/mol. The maximum Gasteiger partial charge on any atom is 0.278 e. The smallest absolute Gasteiger partial charge is 0.278 e. The number of nitrogens with zero attached hydrogens (tertiary/aromatic N) is 5. The molecule has 3 aliphatic heterocycles. The number of piperidine rings is 1. The summed E-state index contributed by atoms with van der Waals surface area (Å²) in [5.74, 6) is 0. The summed E-state index contributed by atoms with van der Waals surface area (Å²) in [4.78, 5) is 4.98. The lowest BCUT2D eigenvalue weighted by atomic mass is 10.0. The zero-order valence-corrected chi connectivity index (χ0v) is 22.6. The summed E-state index contributed by atoms with van der Waals surface area (Å²) in [5.41, 5.74) is 4.63. The molecule has 0 aliphatic carbocycles. The van der Waals surface area contributed by atoms with Crippen LogP contribution in [0.5, 0.6) is 0 Å². The van der Waals surface area contributed by atoms with Crippen molar-refractivity contribution in [2.75, 3.05) is 30.5 Å². The van der Waals surface area contributed by atoms with Crippen LogP contribution < -0.4 is 4.31 Å². The third kappa shape index (κ3) is 6.36. The molecule has 0 bridgehead atoms. The zero-order valence-electron chi connectivity index (χ0n) is 21.0. The van der Waals surface area contributed by atoms with Crippen molar-refractivity contribution in [3.05, 3.63) is 77.0 Å². The van der Waals surface area contributed by atoms with Gasteiger partial charge in [-0.25, -0.2) is 8.78 Å². The lowest BCUT2D eigenvalue weighted by Crippen LogP contribution is -2.60. The first-order valence-corrected chi connectivity index (χ1v) is 13.9. The average molecular weight is 544 g/mol. The van der Waals surface area contributed by atoms with Crippen molar-refractivity contribution < 1.29 is 8.78 Å². The normalized spacial score (nSPS) is 19.1. The van der Waals surface area contributed by atoms with E-state index in [1.165, 1.54) is 0 Å². The fourth-order valence-corrected chi connectivity index (χ4v) is 6.39. The van der Waals surface area contributed by atoms with Crippen molar-refractivity contribution in [3.8, 4) is 0 Å². The Morgan fingerprint density at radius 3 is 2.49 bits per heavy atom. The molecule has 0 atom stereocenters. The van der Waals surface area contributed by atoms with E-state index in [2.05, 4.69) is 43.9 Å². The van der Waals surface area contributed by atoms with Crippen LogP contribution in [0.3, 0.4) is 0 Å². The summed E-state index contributed by atoms with van der Waals surface area (Å²) in [6.07, 6.45) is -0.158. The molecule has 0 N–H and O–H groups in total. The number of rotatable bonds is 9. The molecule has 0 aromatic heterocycles. The average Bonchev–Trinajstić information content (AvgIpc) is 3.35. The van der Waals surface area contributed by atoms with Crippen LogP contribution in [-0.2, 0) is 6.54 Å². The van der Waals surface area contributed by atoms with Crippen LogP contribution in [0.2, 0.25) is 5.02 Å². The molecule has 0 spiro atoms. The van der Waals surface area contributed by atoms with Gasteiger partial charge in [0.2, 0.25) is 0 Å². The molecule has 0 amide bonds. The van der Waals surface area contributed by atoms with Crippen LogP contribution in [0, 0.1) is 0 Å². The Morgan fingerprint density at radius 2 is 1.86 bits per heavy atom. The monoisotopic (exact) mass is 543 g/mol. The molecule has 5 nitrogen and oxygen atoms in total. The Hall–Kier alpha value is -2.42. The van der Waals surface area contributed by atoms with Crippen LogP contribution in [-0.4, -0.2) is 65.1 Å². The third-order valence-corrected chi connectivity index (χ3v) is 8.88. The summed E-state index contributed by atoms with van der Waals surface area (Å²) in [6.45, 7) is 11.3. The molecule has 5 rings (SSSR count). The van der Waals surface area contributed by atoms with Gasteiger partial charge in [-0.2, -0.15) is 10.2 Å². The second-order valence-electron chi connectivity index (χ2n) is 9.96. The van der Waals surface area contributed by atoms with E-state index >= 15 is 0 Å². The first kappa shape index (κ1) is 26.2. The van der Waals surface area contributed by atoms with Gasteiger partial charge in [0.25, 0.3) is 6.43 Å². The Morgan fingerprint density at radius 1 is 1.14 bits per heavy atom. The third-order valence-electron chi connectivity index (χ3n) is 7.28. The van der Waals surface area contributed by atoms with Gasteiger partial charge in [0.1, 0.15) is 5.71 Å². The second-order valence-corrected chi connectivity index (χ2v) is 11.7. The SMILES string of the molecule is C=C(C)N1CC(N2CCC(SN(Cc3ccc(C4=NN=C(C(F)F)C4)cc3)c3cccc(Cl)c3)CC2)C1. The van der Waals surface area contributed by atoms with E-state index in [4.69, 9.17) is 11.6 Å². The fourth-order valence-electron chi connectivity index (χ4n) is 4.96. The topological polar surface area (TPSA) is 34.4 Å². The molecule has 9 heteroatoms. The van der Waals surface area contributed by atoms with Gasteiger partial charge in [0, 0.05) is 47.2 Å². The lowest BCUT2D eigenvalue weighted by molar-refractivity contribution is 0.0463. The number of anilines is 1. The minimum absolute atomic E-state index is 0.103. The van der Waals surface area contributed by atoms with Gasteiger partial charge in [-0.1, -0.05) is 48.5 Å². The largest absolute Gasteiger partial charge is 0.372 e. The molecule has 3 heterocycles. The van der Waals surface area contributed by atoms with Gasteiger partial charge in [-0.05, 0) is 74.1 Å². The second kappa shape index (κ2) is 11.5. The molecule has 0 unspecified atom stereocenters. The zero-order chi connectivity index (χ0) is 25.9. The number of halogens is 3. The van der Waals surface area contributed by atoms with E-state index in [9.17, 15) is 8.78 Å². The molecular formula is C28H32ClF2N5S. The van der Waals surface area contributed by atoms with E-state index in [0.717, 1.165) is 66.6 Å². The first-order valence-electron chi connectivity index (χ1n) is 12.7. The molecule has 0 radical (unpaired) electrons. The van der Waals surface area contributed by atoms with Crippen LogP contribution >= 0.6 is 23.5 Å². The highest BCUT2D eigenvalue weighted by molar-refractivity contribution is 8.01. The minimum Gasteiger partial charge on any atom is -0.372 e. The Kier molecular flexibility index (Phi) is 8.17. The summed E-state index contributed by atoms with van der Waals surface area (Å²) in [6, 6.07) is 16.6. The number of hydrogen-bond donors (Lipinski definition) is 0. The summed E-state index contributed by atoms with van der Waals surface area (Å²) in [5, 5.41) is 8.84. The minimum atomic E-state index is -2.56. The maximum atomic E-state index is 12.9. The Labute approximate surface area is 227 Å². The first-order chi connectivity index (χ1) is 17.9. The summed E-state index contributed by atoms with van der Waals surface area (Å²) < 4.78 is 28.2. The predicted molar refractivity (Wildman–Crippen MR) is 151 cm³/mol. The molecule has 2 fully saturated rings.